The number of ether oxygens (including phenoxy) is 2. The first-order valence-corrected chi connectivity index (χ1v) is 9.44. The van der Waals surface area contributed by atoms with E-state index in [1.165, 1.54) is 19.3 Å². The minimum Gasteiger partial charge on any atom is -0.381 e. The zero-order valence-electron chi connectivity index (χ0n) is 13.4. The van der Waals surface area contributed by atoms with Gasteiger partial charge in [0.2, 0.25) is 0 Å². The van der Waals surface area contributed by atoms with Crippen molar-refractivity contribution < 1.29 is 9.47 Å². The minimum atomic E-state index is 0.306. The second-order valence-corrected chi connectivity index (χ2v) is 7.98. The molecule has 0 aromatic carbocycles. The Bertz CT molecular complexity index is 287. The number of rotatable bonds is 5. The molecule has 2 fully saturated rings. The summed E-state index contributed by atoms with van der Waals surface area (Å²) in [5.74, 6) is 2.31. The molecule has 1 heterocycles. The highest BCUT2D eigenvalue weighted by atomic mass is 79.9. The maximum atomic E-state index is 6.48. The molecule has 0 spiro atoms. The van der Waals surface area contributed by atoms with Crippen molar-refractivity contribution in [1.82, 2.24) is 0 Å². The van der Waals surface area contributed by atoms with Crippen molar-refractivity contribution in [2.75, 3.05) is 25.2 Å². The number of hydrogen-bond donors (Lipinski definition) is 0. The first kappa shape index (κ1) is 16.8. The van der Waals surface area contributed by atoms with Crippen LogP contribution in [0.5, 0.6) is 0 Å². The summed E-state index contributed by atoms with van der Waals surface area (Å²) in [6.45, 7) is 9.77. The zero-order valence-corrected chi connectivity index (χ0v) is 15.0. The SMILES string of the molecule is CC1CCC(C(C)C)C(OCC2(CBr)CCOCC2)C1. The van der Waals surface area contributed by atoms with Crippen molar-refractivity contribution in [1.29, 1.82) is 0 Å². The van der Waals surface area contributed by atoms with E-state index in [0.29, 0.717) is 11.5 Å². The maximum Gasteiger partial charge on any atom is 0.0608 e. The fourth-order valence-electron chi connectivity index (χ4n) is 3.71. The van der Waals surface area contributed by atoms with E-state index >= 15 is 0 Å². The predicted octanol–water partition coefficient (Wildman–Crippen LogP) is 4.66. The van der Waals surface area contributed by atoms with E-state index < -0.39 is 0 Å². The molecule has 1 saturated heterocycles. The molecule has 0 N–H and O–H groups in total. The Morgan fingerprint density at radius 1 is 1.25 bits per heavy atom. The van der Waals surface area contributed by atoms with Gasteiger partial charge < -0.3 is 9.47 Å². The Hall–Kier alpha value is 0.400. The lowest BCUT2D eigenvalue weighted by atomic mass is 9.75. The number of alkyl halides is 1. The quantitative estimate of drug-likeness (QED) is 0.674. The summed E-state index contributed by atoms with van der Waals surface area (Å²) in [5, 5.41) is 1.04. The van der Waals surface area contributed by atoms with Crippen molar-refractivity contribution in [3.8, 4) is 0 Å². The lowest BCUT2D eigenvalue weighted by Gasteiger charge is -2.41. The van der Waals surface area contributed by atoms with Crippen molar-refractivity contribution in [3.63, 3.8) is 0 Å². The van der Waals surface area contributed by atoms with Crippen LogP contribution in [0.2, 0.25) is 0 Å². The van der Waals surface area contributed by atoms with Gasteiger partial charge in [-0.1, -0.05) is 43.1 Å². The van der Waals surface area contributed by atoms with Crippen molar-refractivity contribution in [2.45, 2.75) is 59.0 Å². The van der Waals surface area contributed by atoms with E-state index in [2.05, 4.69) is 36.7 Å². The Labute approximate surface area is 133 Å². The highest BCUT2D eigenvalue weighted by Gasteiger charge is 2.36. The summed E-state index contributed by atoms with van der Waals surface area (Å²) in [5.41, 5.74) is 0.306. The van der Waals surface area contributed by atoms with Crippen LogP contribution in [0.25, 0.3) is 0 Å². The van der Waals surface area contributed by atoms with Crippen LogP contribution in [0, 0.1) is 23.2 Å². The van der Waals surface area contributed by atoms with Crippen molar-refractivity contribution in [3.05, 3.63) is 0 Å². The summed E-state index contributed by atoms with van der Waals surface area (Å²) in [4.78, 5) is 0. The standard InChI is InChI=1S/C17H31BrO2/c1-13(2)15-5-4-14(3)10-16(15)20-12-17(11-18)6-8-19-9-7-17/h13-16H,4-12H2,1-3H3. The van der Waals surface area contributed by atoms with Gasteiger partial charge >= 0.3 is 0 Å². The van der Waals surface area contributed by atoms with Gasteiger partial charge in [0.05, 0.1) is 12.7 Å². The van der Waals surface area contributed by atoms with Gasteiger partial charge in [-0.2, -0.15) is 0 Å². The molecule has 0 aromatic heterocycles. The van der Waals surface area contributed by atoms with Crippen LogP contribution in [0.4, 0.5) is 0 Å². The van der Waals surface area contributed by atoms with Crippen LogP contribution in [0.15, 0.2) is 0 Å². The van der Waals surface area contributed by atoms with E-state index in [0.717, 1.165) is 55.7 Å². The highest BCUT2D eigenvalue weighted by Crippen LogP contribution is 2.38. The van der Waals surface area contributed by atoms with E-state index in [9.17, 15) is 0 Å². The van der Waals surface area contributed by atoms with Gasteiger partial charge in [0.25, 0.3) is 0 Å². The van der Waals surface area contributed by atoms with Crippen LogP contribution in [0.3, 0.4) is 0 Å². The first-order chi connectivity index (χ1) is 9.56. The molecule has 3 unspecified atom stereocenters. The van der Waals surface area contributed by atoms with E-state index in [-0.39, 0.29) is 0 Å². The van der Waals surface area contributed by atoms with Crippen LogP contribution >= 0.6 is 15.9 Å². The van der Waals surface area contributed by atoms with Gasteiger partial charge in [-0.3, -0.25) is 0 Å². The average Bonchev–Trinajstić information content (AvgIpc) is 2.46. The van der Waals surface area contributed by atoms with Gasteiger partial charge in [0.15, 0.2) is 0 Å². The van der Waals surface area contributed by atoms with Crippen LogP contribution < -0.4 is 0 Å². The van der Waals surface area contributed by atoms with Gasteiger partial charge in [-0.25, -0.2) is 0 Å². The van der Waals surface area contributed by atoms with Crippen LogP contribution in [-0.4, -0.2) is 31.3 Å². The molecule has 0 radical (unpaired) electrons. The zero-order chi connectivity index (χ0) is 14.6. The summed E-state index contributed by atoms with van der Waals surface area (Å²) in [7, 11) is 0. The molecule has 0 bridgehead atoms. The average molecular weight is 347 g/mol. The topological polar surface area (TPSA) is 18.5 Å². The Morgan fingerprint density at radius 2 is 1.95 bits per heavy atom. The van der Waals surface area contributed by atoms with E-state index in [1.54, 1.807) is 0 Å². The third kappa shape index (κ3) is 4.20. The largest absolute Gasteiger partial charge is 0.381 e. The molecule has 2 rings (SSSR count). The first-order valence-electron chi connectivity index (χ1n) is 8.31. The van der Waals surface area contributed by atoms with Crippen molar-refractivity contribution in [2.24, 2.45) is 23.2 Å². The van der Waals surface area contributed by atoms with Gasteiger partial charge in [0, 0.05) is 24.0 Å². The molecule has 0 aromatic rings. The molecular weight excluding hydrogens is 316 g/mol. The molecule has 3 heteroatoms. The molecule has 2 nitrogen and oxygen atoms in total. The normalized spacial score (nSPS) is 34.4. The molecular formula is C17H31BrO2. The third-order valence-electron chi connectivity index (χ3n) is 5.40. The molecule has 3 atom stereocenters. The summed E-state index contributed by atoms with van der Waals surface area (Å²) >= 11 is 3.71. The van der Waals surface area contributed by atoms with Crippen LogP contribution in [-0.2, 0) is 9.47 Å². The van der Waals surface area contributed by atoms with E-state index in [4.69, 9.17) is 9.47 Å². The maximum absolute atomic E-state index is 6.48. The van der Waals surface area contributed by atoms with Gasteiger partial charge in [0.1, 0.15) is 0 Å². The Balaban J connectivity index is 1.92. The summed E-state index contributed by atoms with van der Waals surface area (Å²) in [6, 6.07) is 0. The second kappa shape index (κ2) is 7.60. The fourth-order valence-corrected chi connectivity index (χ4v) is 4.43. The number of halogens is 1. The molecule has 118 valence electrons. The lowest BCUT2D eigenvalue weighted by molar-refractivity contribution is -0.0909. The monoisotopic (exact) mass is 346 g/mol. The highest BCUT2D eigenvalue weighted by molar-refractivity contribution is 9.09. The van der Waals surface area contributed by atoms with Crippen LogP contribution in [0.1, 0.15) is 52.9 Å². The third-order valence-corrected chi connectivity index (χ3v) is 6.59. The summed E-state index contributed by atoms with van der Waals surface area (Å²) < 4.78 is 12.0. The minimum absolute atomic E-state index is 0.306. The van der Waals surface area contributed by atoms with Gasteiger partial charge in [-0.15, -0.1) is 0 Å². The molecule has 1 aliphatic heterocycles. The second-order valence-electron chi connectivity index (χ2n) is 7.42. The molecule has 20 heavy (non-hydrogen) atoms. The molecule has 1 saturated carbocycles. The lowest BCUT2D eigenvalue weighted by Crippen LogP contribution is -2.40. The van der Waals surface area contributed by atoms with Crippen molar-refractivity contribution >= 4 is 15.9 Å². The predicted molar refractivity (Wildman–Crippen MR) is 87.4 cm³/mol. The Morgan fingerprint density at radius 3 is 2.55 bits per heavy atom. The molecule has 2 aliphatic rings. The summed E-state index contributed by atoms with van der Waals surface area (Å²) in [6.07, 6.45) is 6.70. The fraction of sp³-hybridized carbons (Fsp3) is 1.00. The molecule has 1 aliphatic carbocycles. The smallest absolute Gasteiger partial charge is 0.0608 e. The molecule has 0 amide bonds. The number of hydrogen-bond acceptors (Lipinski definition) is 2. The van der Waals surface area contributed by atoms with E-state index in [1.807, 2.05) is 0 Å². The Kier molecular flexibility index (Phi) is 6.37. The van der Waals surface area contributed by atoms with Gasteiger partial charge in [-0.05, 0) is 43.4 Å².